The molecule has 2 rings (SSSR count). The van der Waals surface area contributed by atoms with Crippen molar-refractivity contribution < 1.29 is 9.18 Å². The van der Waals surface area contributed by atoms with E-state index in [4.69, 9.17) is 5.26 Å². The molecule has 1 heterocycles. The second-order valence-electron chi connectivity index (χ2n) is 6.06. The first-order valence-electron chi connectivity index (χ1n) is 8.07. The number of carbonyl (C=O) groups is 1. The lowest BCUT2D eigenvalue weighted by Gasteiger charge is -2.23. The van der Waals surface area contributed by atoms with Crippen molar-refractivity contribution in [3.05, 3.63) is 53.6 Å². The number of amides is 1. The molecule has 2 unspecified atom stereocenters. The quantitative estimate of drug-likeness (QED) is 0.835. The maximum Gasteiger partial charge on any atom is 0.236 e. The summed E-state index contributed by atoms with van der Waals surface area (Å²) in [4.78, 5) is 13.7. The molecule has 0 saturated heterocycles. The van der Waals surface area contributed by atoms with Crippen molar-refractivity contribution >= 4 is 5.91 Å². The fourth-order valence-electron chi connectivity index (χ4n) is 2.41. The first-order valence-corrected chi connectivity index (χ1v) is 8.07. The molecule has 0 fully saturated rings. The molecule has 25 heavy (non-hydrogen) atoms. The number of carbonyl (C=O) groups excluding carboxylic acids is 1. The predicted octanol–water partition coefficient (Wildman–Crippen LogP) is 2.09. The van der Waals surface area contributed by atoms with Gasteiger partial charge in [-0.1, -0.05) is 0 Å². The molecule has 0 bridgehead atoms. The Balaban J connectivity index is 1.89. The Labute approximate surface area is 146 Å². The summed E-state index contributed by atoms with van der Waals surface area (Å²) < 4.78 is 15.7. The van der Waals surface area contributed by atoms with Crippen LogP contribution in [0.15, 0.2) is 36.7 Å². The van der Waals surface area contributed by atoms with E-state index in [1.807, 2.05) is 36.9 Å². The van der Waals surface area contributed by atoms with E-state index in [9.17, 15) is 9.18 Å². The van der Waals surface area contributed by atoms with Crippen LogP contribution in [0.1, 0.15) is 31.0 Å². The molecule has 2 atom stereocenters. The second-order valence-corrected chi connectivity index (χ2v) is 6.06. The number of nitrogens with one attached hydrogen (secondary N) is 1. The molecule has 2 aromatic rings. The summed E-state index contributed by atoms with van der Waals surface area (Å²) in [5.74, 6) is -0.575. The summed E-state index contributed by atoms with van der Waals surface area (Å²) >= 11 is 0. The lowest BCUT2D eigenvalue weighted by Crippen LogP contribution is -2.41. The van der Waals surface area contributed by atoms with Crippen molar-refractivity contribution in [1.82, 2.24) is 20.0 Å². The number of halogens is 1. The van der Waals surface area contributed by atoms with Gasteiger partial charge in [0.1, 0.15) is 5.82 Å². The van der Waals surface area contributed by atoms with Gasteiger partial charge in [0.15, 0.2) is 0 Å². The van der Waals surface area contributed by atoms with E-state index in [0.717, 1.165) is 0 Å². The predicted molar refractivity (Wildman–Crippen MR) is 92.0 cm³/mol. The number of hydrogen-bond donors (Lipinski definition) is 1. The minimum atomic E-state index is -0.424. The van der Waals surface area contributed by atoms with Crippen molar-refractivity contribution in [3.8, 4) is 6.07 Å². The third kappa shape index (κ3) is 4.88. The molecule has 1 aromatic carbocycles. The number of aromatic nitrogens is 2. The van der Waals surface area contributed by atoms with Gasteiger partial charge in [-0.2, -0.15) is 10.4 Å². The highest BCUT2D eigenvalue weighted by atomic mass is 19.1. The number of likely N-dealkylation sites (N-methyl/N-ethyl adjacent to an activating group) is 1. The fraction of sp³-hybridized carbons (Fsp3) is 0.389. The van der Waals surface area contributed by atoms with Gasteiger partial charge in [0.2, 0.25) is 5.91 Å². The Morgan fingerprint density at radius 2 is 2.24 bits per heavy atom. The molecule has 0 spiro atoms. The van der Waals surface area contributed by atoms with E-state index in [0.29, 0.717) is 11.1 Å². The largest absolute Gasteiger partial charge is 0.340 e. The summed E-state index contributed by atoms with van der Waals surface area (Å²) in [5.41, 5.74) is 0.699. The van der Waals surface area contributed by atoms with Gasteiger partial charge >= 0.3 is 0 Å². The molecule has 1 amide bonds. The van der Waals surface area contributed by atoms with Crippen LogP contribution in [0.5, 0.6) is 0 Å². The van der Waals surface area contributed by atoms with Crippen LogP contribution in [0.4, 0.5) is 4.39 Å². The standard InChI is InChI=1S/C18H22FN5O/c1-13(14(2)24-8-4-7-22-24)21-11-18(25)23(3)12-16-9-15(10-20)5-6-17(16)19/h4-9,13-14,21H,11-12H2,1-3H3. The Bertz CT molecular complexity index is 753. The Morgan fingerprint density at radius 1 is 1.48 bits per heavy atom. The molecule has 7 heteroatoms. The van der Waals surface area contributed by atoms with Crippen molar-refractivity contribution in [2.75, 3.05) is 13.6 Å². The molecule has 0 radical (unpaired) electrons. The van der Waals surface area contributed by atoms with Gasteiger partial charge in [0.25, 0.3) is 0 Å². The maximum atomic E-state index is 13.8. The summed E-state index contributed by atoms with van der Waals surface area (Å²) in [5, 5.41) is 16.3. The third-order valence-electron chi connectivity index (χ3n) is 4.25. The molecular weight excluding hydrogens is 321 g/mol. The summed E-state index contributed by atoms with van der Waals surface area (Å²) in [6.45, 7) is 4.26. The van der Waals surface area contributed by atoms with Gasteiger partial charge in [-0.05, 0) is 38.1 Å². The summed E-state index contributed by atoms with van der Waals surface area (Å²) in [7, 11) is 1.62. The highest BCUT2D eigenvalue weighted by molar-refractivity contribution is 5.78. The van der Waals surface area contributed by atoms with Gasteiger partial charge < -0.3 is 10.2 Å². The van der Waals surface area contributed by atoms with Crippen LogP contribution >= 0.6 is 0 Å². The molecule has 132 valence electrons. The van der Waals surface area contributed by atoms with Crippen LogP contribution in [-0.4, -0.2) is 40.2 Å². The van der Waals surface area contributed by atoms with E-state index in [1.54, 1.807) is 13.2 Å². The minimum absolute atomic E-state index is 0.0379. The lowest BCUT2D eigenvalue weighted by molar-refractivity contribution is -0.129. The minimum Gasteiger partial charge on any atom is -0.340 e. The number of nitrogens with zero attached hydrogens (tertiary/aromatic N) is 4. The summed E-state index contributed by atoms with van der Waals surface area (Å²) in [6, 6.07) is 8.09. The van der Waals surface area contributed by atoms with Gasteiger partial charge in [0.05, 0.1) is 24.2 Å². The maximum absolute atomic E-state index is 13.8. The van der Waals surface area contributed by atoms with Crippen LogP contribution < -0.4 is 5.32 Å². The van der Waals surface area contributed by atoms with Gasteiger partial charge in [-0.25, -0.2) is 4.39 Å². The Hall–Kier alpha value is -2.72. The molecule has 1 aromatic heterocycles. The van der Waals surface area contributed by atoms with Crippen LogP contribution in [0.25, 0.3) is 0 Å². The highest BCUT2D eigenvalue weighted by Crippen LogP contribution is 2.13. The zero-order valence-electron chi connectivity index (χ0n) is 14.6. The first kappa shape index (κ1) is 18.6. The molecule has 0 saturated carbocycles. The van der Waals surface area contributed by atoms with E-state index >= 15 is 0 Å². The Morgan fingerprint density at radius 3 is 2.88 bits per heavy atom. The summed E-state index contributed by atoms with van der Waals surface area (Å²) in [6.07, 6.45) is 3.59. The first-order chi connectivity index (χ1) is 11.9. The van der Waals surface area contributed by atoms with Crippen molar-refractivity contribution in [1.29, 1.82) is 5.26 Å². The van der Waals surface area contributed by atoms with E-state index < -0.39 is 5.82 Å². The molecule has 0 aliphatic heterocycles. The van der Waals surface area contributed by atoms with Crippen LogP contribution in [0.2, 0.25) is 0 Å². The molecule has 1 N–H and O–H groups in total. The van der Waals surface area contributed by atoms with E-state index in [2.05, 4.69) is 10.4 Å². The smallest absolute Gasteiger partial charge is 0.236 e. The van der Waals surface area contributed by atoms with E-state index in [-0.39, 0.29) is 31.1 Å². The van der Waals surface area contributed by atoms with Gasteiger partial charge in [-0.15, -0.1) is 0 Å². The van der Waals surface area contributed by atoms with Crippen LogP contribution in [-0.2, 0) is 11.3 Å². The monoisotopic (exact) mass is 343 g/mol. The number of nitriles is 1. The normalized spacial score (nSPS) is 13.1. The Kier molecular flexibility index (Phi) is 6.25. The third-order valence-corrected chi connectivity index (χ3v) is 4.25. The lowest BCUT2D eigenvalue weighted by atomic mass is 10.1. The highest BCUT2D eigenvalue weighted by Gasteiger charge is 2.17. The zero-order chi connectivity index (χ0) is 18.4. The van der Waals surface area contributed by atoms with Crippen molar-refractivity contribution in [3.63, 3.8) is 0 Å². The number of benzene rings is 1. The van der Waals surface area contributed by atoms with Crippen LogP contribution in [0.3, 0.4) is 0 Å². The molecule has 0 aliphatic rings. The fourth-order valence-corrected chi connectivity index (χ4v) is 2.41. The zero-order valence-corrected chi connectivity index (χ0v) is 14.6. The topological polar surface area (TPSA) is 74.0 Å². The van der Waals surface area contributed by atoms with E-state index in [1.165, 1.54) is 23.1 Å². The van der Waals surface area contributed by atoms with Crippen molar-refractivity contribution in [2.45, 2.75) is 32.5 Å². The van der Waals surface area contributed by atoms with Gasteiger partial charge in [0, 0.05) is 37.6 Å². The second kappa shape index (κ2) is 8.40. The average Bonchev–Trinajstić information content (AvgIpc) is 3.15. The average molecular weight is 343 g/mol. The SMILES string of the molecule is CC(NCC(=O)N(C)Cc1cc(C#N)ccc1F)C(C)n1cccn1. The van der Waals surface area contributed by atoms with Crippen LogP contribution in [0, 0.1) is 17.1 Å². The van der Waals surface area contributed by atoms with Gasteiger partial charge in [-0.3, -0.25) is 9.48 Å². The number of rotatable bonds is 7. The molecule has 0 aliphatic carbocycles. The number of hydrogen-bond acceptors (Lipinski definition) is 4. The molecular formula is C18H22FN5O. The molecule has 6 nitrogen and oxygen atoms in total. The van der Waals surface area contributed by atoms with Crippen molar-refractivity contribution in [2.24, 2.45) is 0 Å².